The third-order valence-electron chi connectivity index (χ3n) is 4.86. The highest BCUT2D eigenvalue weighted by Gasteiger charge is 2.25. The number of hydrogen-bond acceptors (Lipinski definition) is 5. The molecule has 26 heavy (non-hydrogen) atoms. The molecular formula is C20H23N5S. The normalized spacial score (nSPS) is 17.4. The molecule has 2 aromatic heterocycles. The minimum atomic E-state index is 0.426. The summed E-state index contributed by atoms with van der Waals surface area (Å²) in [6, 6.07) is 12.6. The molecule has 3 aromatic rings. The number of benzene rings is 1. The fourth-order valence-corrected chi connectivity index (χ4v) is 3.95. The summed E-state index contributed by atoms with van der Waals surface area (Å²) in [7, 11) is 0. The lowest BCUT2D eigenvalue weighted by atomic mass is 9.97. The largest absolute Gasteiger partial charge is 0.356 e. The van der Waals surface area contributed by atoms with Gasteiger partial charge in [0.15, 0.2) is 5.16 Å². The van der Waals surface area contributed by atoms with E-state index >= 15 is 0 Å². The topological polar surface area (TPSA) is 46.8 Å². The Kier molecular flexibility index (Phi) is 5.20. The van der Waals surface area contributed by atoms with Crippen molar-refractivity contribution in [2.75, 3.05) is 24.2 Å². The molecule has 0 aliphatic carbocycles. The molecule has 1 aliphatic rings. The van der Waals surface area contributed by atoms with E-state index in [9.17, 15) is 0 Å². The van der Waals surface area contributed by atoms with Gasteiger partial charge in [0.1, 0.15) is 11.6 Å². The van der Waals surface area contributed by atoms with Crippen LogP contribution in [-0.2, 0) is 6.54 Å². The molecule has 1 unspecified atom stereocenters. The van der Waals surface area contributed by atoms with Crippen molar-refractivity contribution in [3.63, 3.8) is 0 Å². The van der Waals surface area contributed by atoms with Crippen LogP contribution >= 0.6 is 11.8 Å². The Labute approximate surface area is 158 Å². The van der Waals surface area contributed by atoms with Crippen LogP contribution in [0.3, 0.4) is 0 Å². The molecule has 1 aromatic carbocycles. The lowest BCUT2D eigenvalue weighted by Gasteiger charge is -2.33. The average molecular weight is 366 g/mol. The van der Waals surface area contributed by atoms with Gasteiger partial charge < -0.3 is 9.47 Å². The van der Waals surface area contributed by atoms with Crippen LogP contribution in [0.4, 0.5) is 5.82 Å². The fourth-order valence-electron chi connectivity index (χ4n) is 3.60. The first kappa shape index (κ1) is 17.1. The smallest absolute Gasteiger partial charge is 0.189 e. The van der Waals surface area contributed by atoms with Crippen LogP contribution in [0.15, 0.2) is 60.1 Å². The molecule has 1 saturated heterocycles. The first-order chi connectivity index (χ1) is 12.8. The SMILES string of the molecule is CSc1nccc(N2CCCC(c3nccn3Cc3ccccc3)C2)n1. The molecule has 6 heteroatoms. The van der Waals surface area contributed by atoms with Crippen LogP contribution in [0.25, 0.3) is 0 Å². The van der Waals surface area contributed by atoms with Gasteiger partial charge in [-0.15, -0.1) is 0 Å². The summed E-state index contributed by atoms with van der Waals surface area (Å²) >= 11 is 1.58. The molecule has 0 amide bonds. The molecule has 0 radical (unpaired) electrons. The summed E-state index contributed by atoms with van der Waals surface area (Å²) in [5, 5.41) is 0.829. The van der Waals surface area contributed by atoms with Gasteiger partial charge in [-0.25, -0.2) is 15.0 Å². The predicted octanol–water partition coefficient (Wildman–Crippen LogP) is 3.83. The molecule has 0 saturated carbocycles. The Morgan fingerprint density at radius 1 is 1.12 bits per heavy atom. The third kappa shape index (κ3) is 3.75. The molecule has 1 fully saturated rings. The van der Waals surface area contributed by atoms with E-state index in [4.69, 9.17) is 4.98 Å². The third-order valence-corrected chi connectivity index (χ3v) is 5.42. The number of piperidine rings is 1. The lowest BCUT2D eigenvalue weighted by Crippen LogP contribution is -2.36. The van der Waals surface area contributed by atoms with Crippen molar-refractivity contribution in [1.29, 1.82) is 0 Å². The van der Waals surface area contributed by atoms with E-state index in [1.54, 1.807) is 11.8 Å². The van der Waals surface area contributed by atoms with Gasteiger partial charge in [0.05, 0.1) is 0 Å². The highest BCUT2D eigenvalue weighted by atomic mass is 32.2. The zero-order chi connectivity index (χ0) is 17.8. The zero-order valence-corrected chi connectivity index (χ0v) is 15.8. The number of thioether (sulfide) groups is 1. The fraction of sp³-hybridized carbons (Fsp3) is 0.350. The molecule has 134 valence electrons. The molecule has 5 nitrogen and oxygen atoms in total. The Balaban J connectivity index is 1.52. The summed E-state index contributed by atoms with van der Waals surface area (Å²) in [5.41, 5.74) is 1.31. The summed E-state index contributed by atoms with van der Waals surface area (Å²) in [5.74, 6) is 2.63. The first-order valence-corrected chi connectivity index (χ1v) is 10.2. The van der Waals surface area contributed by atoms with Crippen molar-refractivity contribution < 1.29 is 0 Å². The molecule has 4 rings (SSSR count). The second-order valence-electron chi connectivity index (χ2n) is 6.59. The number of imidazole rings is 1. The molecule has 0 spiro atoms. The van der Waals surface area contributed by atoms with Crippen molar-refractivity contribution in [2.45, 2.75) is 30.5 Å². The van der Waals surface area contributed by atoms with Gasteiger partial charge in [0.2, 0.25) is 0 Å². The first-order valence-electron chi connectivity index (χ1n) is 9.00. The van der Waals surface area contributed by atoms with Crippen molar-refractivity contribution in [2.24, 2.45) is 0 Å². The zero-order valence-electron chi connectivity index (χ0n) is 15.0. The Bertz CT molecular complexity index is 848. The van der Waals surface area contributed by atoms with E-state index in [1.165, 1.54) is 17.8 Å². The maximum Gasteiger partial charge on any atom is 0.189 e. The van der Waals surface area contributed by atoms with Crippen LogP contribution in [0, 0.1) is 0 Å². The lowest BCUT2D eigenvalue weighted by molar-refractivity contribution is 0.473. The van der Waals surface area contributed by atoms with Crippen molar-refractivity contribution >= 4 is 17.6 Å². The highest BCUT2D eigenvalue weighted by Crippen LogP contribution is 2.29. The number of rotatable bonds is 5. The quantitative estimate of drug-likeness (QED) is 0.508. The van der Waals surface area contributed by atoms with E-state index in [1.807, 2.05) is 24.7 Å². The molecule has 1 aliphatic heterocycles. The van der Waals surface area contributed by atoms with Gasteiger partial charge in [-0.2, -0.15) is 0 Å². The van der Waals surface area contributed by atoms with Crippen LogP contribution in [0.1, 0.15) is 30.1 Å². The molecule has 1 atom stereocenters. The van der Waals surface area contributed by atoms with Gasteiger partial charge in [0.25, 0.3) is 0 Å². The minimum absolute atomic E-state index is 0.426. The number of aromatic nitrogens is 4. The number of anilines is 1. The summed E-state index contributed by atoms with van der Waals surface area (Å²) < 4.78 is 2.29. The van der Waals surface area contributed by atoms with Crippen LogP contribution in [0.5, 0.6) is 0 Å². The number of hydrogen-bond donors (Lipinski definition) is 0. The van der Waals surface area contributed by atoms with E-state index < -0.39 is 0 Å². The average Bonchev–Trinajstić information content (AvgIpc) is 3.17. The predicted molar refractivity (Wildman–Crippen MR) is 106 cm³/mol. The maximum absolute atomic E-state index is 4.70. The van der Waals surface area contributed by atoms with Crippen molar-refractivity contribution in [3.8, 4) is 0 Å². The molecular weight excluding hydrogens is 342 g/mol. The van der Waals surface area contributed by atoms with Gasteiger partial charge in [0, 0.05) is 44.1 Å². The van der Waals surface area contributed by atoms with Crippen LogP contribution in [0.2, 0.25) is 0 Å². The Morgan fingerprint density at radius 2 is 2.00 bits per heavy atom. The van der Waals surface area contributed by atoms with Crippen LogP contribution < -0.4 is 4.90 Å². The second-order valence-corrected chi connectivity index (χ2v) is 7.36. The van der Waals surface area contributed by atoms with E-state index in [0.29, 0.717) is 5.92 Å². The number of nitrogens with zero attached hydrogens (tertiary/aromatic N) is 5. The van der Waals surface area contributed by atoms with Gasteiger partial charge in [-0.3, -0.25) is 0 Å². The highest BCUT2D eigenvalue weighted by molar-refractivity contribution is 7.98. The second kappa shape index (κ2) is 7.91. The monoisotopic (exact) mass is 365 g/mol. The van der Waals surface area contributed by atoms with Crippen molar-refractivity contribution in [1.82, 2.24) is 19.5 Å². The molecule has 3 heterocycles. The van der Waals surface area contributed by atoms with E-state index in [2.05, 4.69) is 56.0 Å². The molecule has 0 bridgehead atoms. The van der Waals surface area contributed by atoms with Crippen molar-refractivity contribution in [3.05, 3.63) is 66.4 Å². The maximum atomic E-state index is 4.70. The Hall–Kier alpha value is -2.34. The summed E-state index contributed by atoms with van der Waals surface area (Å²) in [4.78, 5) is 16.0. The minimum Gasteiger partial charge on any atom is -0.356 e. The van der Waals surface area contributed by atoms with Gasteiger partial charge in [-0.05, 0) is 30.7 Å². The van der Waals surface area contributed by atoms with E-state index in [0.717, 1.165) is 37.0 Å². The summed E-state index contributed by atoms with van der Waals surface area (Å²) in [6.45, 7) is 2.87. The van der Waals surface area contributed by atoms with Crippen LogP contribution in [-0.4, -0.2) is 38.9 Å². The van der Waals surface area contributed by atoms with E-state index in [-0.39, 0.29) is 0 Å². The standard InChI is InChI=1S/C20H23N5S/c1-26-20-22-10-9-18(23-20)24-12-5-8-17(15-24)19-21-11-13-25(19)14-16-6-3-2-4-7-16/h2-4,6-7,9-11,13,17H,5,8,12,14-15H2,1H3. The molecule has 0 N–H and O–H groups in total. The van der Waals surface area contributed by atoms with Gasteiger partial charge in [-0.1, -0.05) is 42.1 Å². The summed E-state index contributed by atoms with van der Waals surface area (Å²) in [6.07, 6.45) is 10.2. The van der Waals surface area contributed by atoms with Gasteiger partial charge >= 0.3 is 0 Å². The Morgan fingerprint density at radius 3 is 2.85 bits per heavy atom.